The van der Waals surface area contributed by atoms with Gasteiger partial charge < -0.3 is 10.1 Å². The van der Waals surface area contributed by atoms with E-state index in [1.807, 2.05) is 0 Å². The molecule has 0 radical (unpaired) electrons. The van der Waals surface area contributed by atoms with Crippen molar-refractivity contribution < 1.29 is 4.74 Å². The van der Waals surface area contributed by atoms with Crippen molar-refractivity contribution in [2.75, 3.05) is 13.6 Å². The summed E-state index contributed by atoms with van der Waals surface area (Å²) in [4.78, 5) is 0. The zero-order valence-corrected chi connectivity index (χ0v) is 11.8. The average Bonchev–Trinajstić information content (AvgIpc) is 2.65. The van der Waals surface area contributed by atoms with Gasteiger partial charge in [-0.05, 0) is 51.0 Å². The van der Waals surface area contributed by atoms with Gasteiger partial charge in [0.1, 0.15) is 0 Å². The van der Waals surface area contributed by atoms with Gasteiger partial charge in [0.15, 0.2) is 0 Å². The third-order valence-corrected chi connectivity index (χ3v) is 4.57. The lowest BCUT2D eigenvalue weighted by molar-refractivity contribution is -0.111. The maximum atomic E-state index is 6.56. The van der Waals surface area contributed by atoms with E-state index in [0.717, 1.165) is 18.4 Å². The molecular weight excluding hydrogens is 210 g/mol. The van der Waals surface area contributed by atoms with Gasteiger partial charge in [-0.3, -0.25) is 0 Å². The zero-order chi connectivity index (χ0) is 12.3. The van der Waals surface area contributed by atoms with E-state index >= 15 is 0 Å². The van der Waals surface area contributed by atoms with Crippen molar-refractivity contribution >= 4 is 0 Å². The number of hydrogen-bond acceptors (Lipinski definition) is 2. The Morgan fingerprint density at radius 3 is 2.18 bits per heavy atom. The molecule has 0 amide bonds. The third-order valence-electron chi connectivity index (χ3n) is 4.57. The molecule has 2 unspecified atom stereocenters. The van der Waals surface area contributed by atoms with E-state index in [4.69, 9.17) is 4.74 Å². The van der Waals surface area contributed by atoms with Gasteiger partial charge in [0.2, 0.25) is 0 Å². The highest BCUT2D eigenvalue weighted by Crippen LogP contribution is 2.38. The second-order valence-electron chi connectivity index (χ2n) is 6.58. The van der Waals surface area contributed by atoms with Crippen LogP contribution in [0.5, 0.6) is 0 Å². The first-order valence-corrected chi connectivity index (χ1v) is 7.46. The van der Waals surface area contributed by atoms with E-state index in [0.29, 0.717) is 6.10 Å². The van der Waals surface area contributed by atoms with Crippen molar-refractivity contribution in [1.82, 2.24) is 5.32 Å². The van der Waals surface area contributed by atoms with E-state index in [-0.39, 0.29) is 5.60 Å². The van der Waals surface area contributed by atoms with Crippen molar-refractivity contribution in [3.8, 4) is 0 Å². The maximum absolute atomic E-state index is 6.56. The van der Waals surface area contributed by atoms with Crippen LogP contribution in [0.3, 0.4) is 0 Å². The van der Waals surface area contributed by atoms with Gasteiger partial charge in [-0.1, -0.05) is 26.7 Å². The van der Waals surface area contributed by atoms with E-state index < -0.39 is 0 Å². The van der Waals surface area contributed by atoms with Crippen LogP contribution in [0.15, 0.2) is 0 Å². The van der Waals surface area contributed by atoms with Gasteiger partial charge >= 0.3 is 0 Å². The maximum Gasteiger partial charge on any atom is 0.0809 e. The number of nitrogens with one attached hydrogen (secondary N) is 1. The molecule has 17 heavy (non-hydrogen) atoms. The summed E-state index contributed by atoms with van der Waals surface area (Å²) < 4.78 is 6.56. The fourth-order valence-electron chi connectivity index (χ4n) is 4.00. The van der Waals surface area contributed by atoms with Gasteiger partial charge in [0.05, 0.1) is 11.7 Å². The van der Waals surface area contributed by atoms with Crippen molar-refractivity contribution in [3.63, 3.8) is 0 Å². The minimum atomic E-state index is 0.163. The predicted molar refractivity (Wildman–Crippen MR) is 72.2 cm³/mol. The van der Waals surface area contributed by atoms with Crippen molar-refractivity contribution in [2.45, 2.75) is 70.5 Å². The molecular formula is C15H29NO. The normalized spacial score (nSPS) is 37.2. The Bertz CT molecular complexity index is 225. The Labute approximate surface area is 107 Å². The smallest absolute Gasteiger partial charge is 0.0809 e. The molecule has 2 nitrogen and oxygen atoms in total. The van der Waals surface area contributed by atoms with E-state index in [2.05, 4.69) is 26.2 Å². The van der Waals surface area contributed by atoms with Gasteiger partial charge in [-0.15, -0.1) is 0 Å². The first-order valence-electron chi connectivity index (χ1n) is 7.46. The summed E-state index contributed by atoms with van der Waals surface area (Å²) in [5, 5.41) is 3.34. The number of likely N-dealkylation sites (N-methyl/N-ethyl adjacent to an activating group) is 1. The topological polar surface area (TPSA) is 21.3 Å². The van der Waals surface area contributed by atoms with Crippen LogP contribution in [0.1, 0.15) is 58.8 Å². The van der Waals surface area contributed by atoms with Crippen LogP contribution in [0.25, 0.3) is 0 Å². The molecule has 0 aromatic carbocycles. The second-order valence-corrected chi connectivity index (χ2v) is 6.58. The van der Waals surface area contributed by atoms with Crippen LogP contribution in [0, 0.1) is 11.8 Å². The molecule has 2 rings (SSSR count). The molecule has 1 N–H and O–H groups in total. The van der Waals surface area contributed by atoms with Crippen LogP contribution in [0.2, 0.25) is 0 Å². The lowest BCUT2D eigenvalue weighted by Crippen LogP contribution is -2.44. The second kappa shape index (κ2) is 5.71. The van der Waals surface area contributed by atoms with Gasteiger partial charge in [-0.2, -0.15) is 0 Å². The third kappa shape index (κ3) is 3.45. The lowest BCUT2D eigenvalue weighted by atomic mass is 9.81. The van der Waals surface area contributed by atoms with E-state index in [9.17, 15) is 0 Å². The molecule has 0 saturated heterocycles. The molecule has 2 atom stereocenters. The molecule has 0 aliphatic heterocycles. The first-order chi connectivity index (χ1) is 8.13. The summed E-state index contributed by atoms with van der Waals surface area (Å²) in [6.45, 7) is 5.79. The van der Waals surface area contributed by atoms with Gasteiger partial charge in [0.25, 0.3) is 0 Å². The van der Waals surface area contributed by atoms with Crippen LogP contribution < -0.4 is 5.32 Å². The SMILES string of the molecule is CNCC1(OC2CC(C)CC(C)C2)CCCC1. The van der Waals surface area contributed by atoms with Crippen LogP contribution in [0.4, 0.5) is 0 Å². The number of ether oxygens (including phenoxy) is 1. The summed E-state index contributed by atoms with van der Waals surface area (Å²) in [6.07, 6.45) is 9.66. The Kier molecular flexibility index (Phi) is 4.48. The molecule has 2 heteroatoms. The molecule has 2 aliphatic carbocycles. The lowest BCUT2D eigenvalue weighted by Gasteiger charge is -2.39. The summed E-state index contributed by atoms with van der Waals surface area (Å²) in [5.41, 5.74) is 0.163. The predicted octanol–water partition coefficient (Wildman–Crippen LogP) is 3.36. The summed E-state index contributed by atoms with van der Waals surface area (Å²) in [6, 6.07) is 0. The highest BCUT2D eigenvalue weighted by molar-refractivity contribution is 4.90. The van der Waals surface area contributed by atoms with Crippen LogP contribution in [-0.4, -0.2) is 25.3 Å². The molecule has 0 aromatic heterocycles. The molecule has 0 heterocycles. The van der Waals surface area contributed by atoms with E-state index in [1.165, 1.54) is 44.9 Å². The molecule has 2 saturated carbocycles. The first kappa shape index (κ1) is 13.4. The summed E-state index contributed by atoms with van der Waals surface area (Å²) >= 11 is 0. The number of hydrogen-bond donors (Lipinski definition) is 1. The minimum Gasteiger partial charge on any atom is -0.370 e. The van der Waals surface area contributed by atoms with Crippen LogP contribution >= 0.6 is 0 Å². The monoisotopic (exact) mass is 239 g/mol. The molecule has 2 aliphatic rings. The van der Waals surface area contributed by atoms with E-state index in [1.54, 1.807) is 0 Å². The summed E-state index contributed by atoms with van der Waals surface area (Å²) in [7, 11) is 2.05. The summed E-state index contributed by atoms with van der Waals surface area (Å²) in [5.74, 6) is 1.69. The molecule has 0 aromatic rings. The zero-order valence-electron chi connectivity index (χ0n) is 11.8. The quantitative estimate of drug-likeness (QED) is 0.812. The average molecular weight is 239 g/mol. The minimum absolute atomic E-state index is 0.163. The Morgan fingerprint density at radius 1 is 1.06 bits per heavy atom. The standard InChI is InChI=1S/C15H29NO/c1-12-8-13(2)10-14(9-12)17-15(11-16-3)6-4-5-7-15/h12-14,16H,4-11H2,1-3H3. The highest BCUT2D eigenvalue weighted by Gasteiger charge is 2.38. The number of rotatable bonds is 4. The Hall–Kier alpha value is -0.0800. The molecule has 0 spiro atoms. The molecule has 2 fully saturated rings. The Balaban J connectivity index is 1.93. The van der Waals surface area contributed by atoms with Crippen LogP contribution in [-0.2, 0) is 4.74 Å². The van der Waals surface area contributed by atoms with Crippen molar-refractivity contribution in [1.29, 1.82) is 0 Å². The highest BCUT2D eigenvalue weighted by atomic mass is 16.5. The molecule has 0 bridgehead atoms. The fraction of sp³-hybridized carbons (Fsp3) is 1.00. The van der Waals surface area contributed by atoms with Crippen molar-refractivity contribution in [2.24, 2.45) is 11.8 Å². The molecule has 100 valence electrons. The largest absolute Gasteiger partial charge is 0.370 e. The van der Waals surface area contributed by atoms with Gasteiger partial charge in [-0.25, -0.2) is 0 Å². The van der Waals surface area contributed by atoms with Crippen molar-refractivity contribution in [3.05, 3.63) is 0 Å². The fourth-order valence-corrected chi connectivity index (χ4v) is 4.00. The van der Waals surface area contributed by atoms with Gasteiger partial charge in [0, 0.05) is 6.54 Å². The Morgan fingerprint density at radius 2 is 1.65 bits per heavy atom.